The van der Waals surface area contributed by atoms with E-state index in [4.69, 9.17) is 0 Å². The van der Waals surface area contributed by atoms with Gasteiger partial charge in [-0.2, -0.15) is 0 Å². The summed E-state index contributed by atoms with van der Waals surface area (Å²) in [5.74, 6) is 0.135. The van der Waals surface area contributed by atoms with Gasteiger partial charge >= 0.3 is 0 Å². The third-order valence-electron chi connectivity index (χ3n) is 4.99. The van der Waals surface area contributed by atoms with Crippen LogP contribution in [0.4, 0.5) is 0 Å². The Bertz CT molecular complexity index is 564. The van der Waals surface area contributed by atoms with Crippen molar-refractivity contribution >= 4 is 11.8 Å². The fraction of sp³-hybridized carbons (Fsp3) is 0.600. The SMILES string of the molecule is CCN1CCN(C(=O)CCNC(=O)CC(C)(C)c2ccccc2)CC1. The number of carbonyl (C=O) groups excluding carboxylic acids is 2. The number of nitrogens with one attached hydrogen (secondary N) is 1. The average Bonchev–Trinajstić information content (AvgIpc) is 2.62. The van der Waals surface area contributed by atoms with Crippen LogP contribution < -0.4 is 5.32 Å². The summed E-state index contributed by atoms with van der Waals surface area (Å²) >= 11 is 0. The van der Waals surface area contributed by atoms with Gasteiger partial charge in [0.2, 0.25) is 11.8 Å². The Morgan fingerprint density at radius 2 is 1.72 bits per heavy atom. The zero-order valence-electron chi connectivity index (χ0n) is 15.8. The zero-order chi connectivity index (χ0) is 18.3. The molecule has 2 amide bonds. The van der Waals surface area contributed by atoms with E-state index in [1.807, 2.05) is 35.2 Å². The summed E-state index contributed by atoms with van der Waals surface area (Å²) in [5.41, 5.74) is 0.932. The van der Waals surface area contributed by atoms with Gasteiger partial charge in [-0.3, -0.25) is 9.59 Å². The van der Waals surface area contributed by atoms with Crippen molar-refractivity contribution in [2.24, 2.45) is 0 Å². The van der Waals surface area contributed by atoms with Gasteiger partial charge in [-0.05, 0) is 17.5 Å². The second kappa shape index (κ2) is 8.99. The predicted molar refractivity (Wildman–Crippen MR) is 100 cm³/mol. The van der Waals surface area contributed by atoms with E-state index in [-0.39, 0.29) is 17.2 Å². The van der Waals surface area contributed by atoms with Gasteiger partial charge in [0.15, 0.2) is 0 Å². The molecule has 1 saturated heterocycles. The van der Waals surface area contributed by atoms with Gasteiger partial charge in [0.05, 0.1) is 0 Å². The summed E-state index contributed by atoms with van der Waals surface area (Å²) in [5, 5.41) is 2.90. The first-order valence-corrected chi connectivity index (χ1v) is 9.24. The van der Waals surface area contributed by atoms with Crippen LogP contribution in [0.2, 0.25) is 0 Å². The maximum absolute atomic E-state index is 12.2. The quantitative estimate of drug-likeness (QED) is 0.823. The minimum absolute atomic E-state index is 0.00236. The van der Waals surface area contributed by atoms with Gasteiger partial charge in [-0.25, -0.2) is 0 Å². The van der Waals surface area contributed by atoms with Gasteiger partial charge in [0.1, 0.15) is 0 Å². The Labute approximate surface area is 151 Å². The van der Waals surface area contributed by atoms with E-state index in [2.05, 4.69) is 31.0 Å². The van der Waals surface area contributed by atoms with Crippen LogP contribution in [0.15, 0.2) is 30.3 Å². The second-order valence-electron chi connectivity index (χ2n) is 7.34. The van der Waals surface area contributed by atoms with Crippen LogP contribution in [0, 0.1) is 0 Å². The highest BCUT2D eigenvalue weighted by atomic mass is 16.2. The monoisotopic (exact) mass is 345 g/mol. The number of nitrogens with zero attached hydrogens (tertiary/aromatic N) is 2. The first kappa shape index (κ1) is 19.4. The van der Waals surface area contributed by atoms with Crippen LogP contribution in [-0.2, 0) is 15.0 Å². The minimum Gasteiger partial charge on any atom is -0.356 e. The van der Waals surface area contributed by atoms with E-state index < -0.39 is 0 Å². The summed E-state index contributed by atoms with van der Waals surface area (Å²) < 4.78 is 0. The molecule has 0 bridgehead atoms. The number of benzene rings is 1. The van der Waals surface area contributed by atoms with Gasteiger partial charge in [0.25, 0.3) is 0 Å². The molecule has 0 aromatic heterocycles. The molecule has 25 heavy (non-hydrogen) atoms. The third-order valence-corrected chi connectivity index (χ3v) is 4.99. The summed E-state index contributed by atoms with van der Waals surface area (Å²) in [6.45, 7) is 11.2. The van der Waals surface area contributed by atoms with E-state index >= 15 is 0 Å². The molecule has 0 atom stereocenters. The molecule has 0 aliphatic carbocycles. The number of likely N-dealkylation sites (N-methyl/N-ethyl adjacent to an activating group) is 1. The van der Waals surface area contributed by atoms with Gasteiger partial charge in [-0.1, -0.05) is 51.1 Å². The van der Waals surface area contributed by atoms with Crippen molar-refractivity contribution in [1.82, 2.24) is 15.1 Å². The normalized spacial score (nSPS) is 15.9. The average molecular weight is 345 g/mol. The molecular formula is C20H31N3O2. The van der Waals surface area contributed by atoms with E-state index in [1.54, 1.807) is 0 Å². The molecule has 1 heterocycles. The summed E-state index contributed by atoms with van der Waals surface area (Å²) in [6.07, 6.45) is 0.796. The van der Waals surface area contributed by atoms with Crippen molar-refractivity contribution in [3.8, 4) is 0 Å². The fourth-order valence-corrected chi connectivity index (χ4v) is 3.24. The van der Waals surface area contributed by atoms with Crippen molar-refractivity contribution in [2.75, 3.05) is 39.3 Å². The van der Waals surface area contributed by atoms with Gasteiger partial charge in [0, 0.05) is 45.6 Å². The lowest BCUT2D eigenvalue weighted by Gasteiger charge is -2.34. The molecule has 5 nitrogen and oxygen atoms in total. The third kappa shape index (κ3) is 5.85. The lowest BCUT2D eigenvalue weighted by molar-refractivity contribution is -0.132. The molecule has 0 spiro atoms. The van der Waals surface area contributed by atoms with Crippen LogP contribution in [0.5, 0.6) is 0 Å². The van der Waals surface area contributed by atoms with Crippen LogP contribution in [0.3, 0.4) is 0 Å². The maximum atomic E-state index is 12.2. The summed E-state index contributed by atoms with van der Waals surface area (Å²) in [7, 11) is 0. The molecular weight excluding hydrogens is 314 g/mol. The highest BCUT2D eigenvalue weighted by Gasteiger charge is 2.24. The highest BCUT2D eigenvalue weighted by molar-refractivity contribution is 5.80. The molecule has 1 aliphatic rings. The number of hydrogen-bond donors (Lipinski definition) is 1. The molecule has 1 aliphatic heterocycles. The zero-order valence-corrected chi connectivity index (χ0v) is 15.8. The first-order valence-electron chi connectivity index (χ1n) is 9.24. The molecule has 0 unspecified atom stereocenters. The summed E-state index contributed by atoms with van der Waals surface area (Å²) in [4.78, 5) is 28.7. The van der Waals surface area contributed by atoms with Crippen molar-refractivity contribution in [1.29, 1.82) is 0 Å². The molecule has 2 rings (SSSR count). The highest BCUT2D eigenvalue weighted by Crippen LogP contribution is 2.26. The van der Waals surface area contributed by atoms with Crippen molar-refractivity contribution < 1.29 is 9.59 Å². The van der Waals surface area contributed by atoms with Crippen molar-refractivity contribution in [3.63, 3.8) is 0 Å². The first-order chi connectivity index (χ1) is 11.9. The van der Waals surface area contributed by atoms with Crippen LogP contribution in [0.1, 0.15) is 39.2 Å². The number of rotatable bonds is 7. The maximum Gasteiger partial charge on any atom is 0.224 e. The topological polar surface area (TPSA) is 52.6 Å². The number of carbonyl (C=O) groups is 2. The van der Waals surface area contributed by atoms with Crippen molar-refractivity contribution in [3.05, 3.63) is 35.9 Å². The largest absolute Gasteiger partial charge is 0.356 e. The molecule has 1 aromatic rings. The molecule has 0 radical (unpaired) electrons. The van der Waals surface area contributed by atoms with Crippen LogP contribution in [-0.4, -0.2) is 60.9 Å². The molecule has 0 saturated carbocycles. The van der Waals surface area contributed by atoms with Crippen molar-refractivity contribution in [2.45, 2.75) is 39.0 Å². The second-order valence-corrected chi connectivity index (χ2v) is 7.34. The summed E-state index contributed by atoms with van der Waals surface area (Å²) in [6, 6.07) is 10.1. The Morgan fingerprint density at radius 1 is 1.08 bits per heavy atom. The Hall–Kier alpha value is -1.88. The van der Waals surface area contributed by atoms with E-state index in [1.165, 1.54) is 0 Å². The van der Waals surface area contributed by atoms with Crippen LogP contribution >= 0.6 is 0 Å². The molecule has 1 N–H and O–H groups in total. The number of amides is 2. The smallest absolute Gasteiger partial charge is 0.224 e. The van der Waals surface area contributed by atoms with Gasteiger partial charge < -0.3 is 15.1 Å². The Balaban J connectivity index is 1.71. The Morgan fingerprint density at radius 3 is 2.32 bits per heavy atom. The Kier molecular flexibility index (Phi) is 7.00. The minimum atomic E-state index is -0.216. The molecule has 138 valence electrons. The predicted octanol–water partition coefficient (Wildman–Crippen LogP) is 2.02. The van der Waals surface area contributed by atoms with E-state index in [0.717, 1.165) is 38.3 Å². The number of hydrogen-bond acceptors (Lipinski definition) is 3. The standard InChI is InChI=1S/C20H31N3O2/c1-4-22-12-14-23(15-13-22)19(25)10-11-21-18(24)16-20(2,3)17-8-6-5-7-9-17/h5-9H,4,10-16H2,1-3H3,(H,21,24). The lowest BCUT2D eigenvalue weighted by atomic mass is 9.81. The molecule has 1 fully saturated rings. The number of piperazine rings is 1. The molecule has 1 aromatic carbocycles. The van der Waals surface area contributed by atoms with Gasteiger partial charge in [-0.15, -0.1) is 0 Å². The van der Waals surface area contributed by atoms with E-state index in [9.17, 15) is 9.59 Å². The van der Waals surface area contributed by atoms with Crippen LogP contribution in [0.25, 0.3) is 0 Å². The molecule has 5 heteroatoms. The fourth-order valence-electron chi connectivity index (χ4n) is 3.24. The lowest BCUT2D eigenvalue weighted by Crippen LogP contribution is -2.49. The van der Waals surface area contributed by atoms with E-state index in [0.29, 0.717) is 19.4 Å².